The standard InChI is InChI=1S/C22H26N8O2/c1-15(2)29-14-24-19-11-17(4-5-18(19)21(29)31)27-6-8-28(9-7-27)20-10-16(12-32-3)26-22-23-13-25-30(20)22/h4-5,10-11,13-15H,6-9,12H2,1-3H3. The number of nitrogens with zero attached hydrogens (tertiary/aromatic N) is 8. The Kier molecular flexibility index (Phi) is 5.22. The third-order valence-corrected chi connectivity index (χ3v) is 5.87. The average molecular weight is 435 g/mol. The maximum absolute atomic E-state index is 12.7. The Labute approximate surface area is 185 Å². The molecule has 1 aromatic carbocycles. The minimum Gasteiger partial charge on any atom is -0.378 e. The summed E-state index contributed by atoms with van der Waals surface area (Å²) < 4.78 is 8.70. The van der Waals surface area contributed by atoms with Crippen molar-refractivity contribution in [3.8, 4) is 0 Å². The van der Waals surface area contributed by atoms with Gasteiger partial charge in [0.2, 0.25) is 0 Å². The molecule has 4 aromatic rings. The van der Waals surface area contributed by atoms with Crippen LogP contribution in [0.15, 0.2) is 41.7 Å². The highest BCUT2D eigenvalue weighted by atomic mass is 16.5. The van der Waals surface area contributed by atoms with Crippen molar-refractivity contribution in [2.75, 3.05) is 43.1 Å². The maximum Gasteiger partial charge on any atom is 0.261 e. The second-order valence-electron chi connectivity index (χ2n) is 8.24. The van der Waals surface area contributed by atoms with Gasteiger partial charge in [0, 0.05) is 51.1 Å². The average Bonchev–Trinajstić information content (AvgIpc) is 3.27. The Bertz CT molecular complexity index is 1320. The fraction of sp³-hybridized carbons (Fsp3) is 0.409. The van der Waals surface area contributed by atoms with Crippen molar-refractivity contribution in [2.45, 2.75) is 26.5 Å². The third kappa shape index (κ3) is 3.56. The molecule has 3 aromatic heterocycles. The number of aromatic nitrogens is 6. The highest BCUT2D eigenvalue weighted by molar-refractivity contribution is 5.81. The lowest BCUT2D eigenvalue weighted by Crippen LogP contribution is -2.47. The van der Waals surface area contributed by atoms with Crippen molar-refractivity contribution in [2.24, 2.45) is 0 Å². The predicted molar refractivity (Wildman–Crippen MR) is 122 cm³/mol. The summed E-state index contributed by atoms with van der Waals surface area (Å²) in [6.45, 7) is 7.73. The third-order valence-electron chi connectivity index (χ3n) is 5.87. The summed E-state index contributed by atoms with van der Waals surface area (Å²) in [5.41, 5.74) is 2.64. The van der Waals surface area contributed by atoms with Gasteiger partial charge in [-0.1, -0.05) is 0 Å². The molecule has 10 heteroatoms. The number of rotatable bonds is 5. The first-order valence-corrected chi connectivity index (χ1v) is 10.7. The van der Waals surface area contributed by atoms with E-state index in [1.807, 2.05) is 38.1 Å². The predicted octanol–water partition coefficient (Wildman–Crippen LogP) is 1.89. The molecule has 1 aliphatic heterocycles. The molecule has 1 saturated heterocycles. The van der Waals surface area contributed by atoms with E-state index in [2.05, 4.69) is 29.9 Å². The zero-order chi connectivity index (χ0) is 22.2. The molecule has 0 radical (unpaired) electrons. The van der Waals surface area contributed by atoms with E-state index in [0.29, 0.717) is 17.8 Å². The van der Waals surface area contributed by atoms with Crippen LogP contribution in [0.5, 0.6) is 0 Å². The van der Waals surface area contributed by atoms with Crippen LogP contribution in [0, 0.1) is 0 Å². The van der Waals surface area contributed by atoms with Crippen LogP contribution in [0.25, 0.3) is 16.7 Å². The van der Waals surface area contributed by atoms with Crippen LogP contribution < -0.4 is 15.4 Å². The SMILES string of the molecule is COCc1cc(N2CCN(c3ccc4c(=O)n(C(C)C)cnc4c3)CC2)n2ncnc2n1. The first-order chi connectivity index (χ1) is 15.5. The number of hydrogen-bond donors (Lipinski definition) is 0. The molecule has 0 N–H and O–H groups in total. The topological polar surface area (TPSA) is 93.7 Å². The smallest absolute Gasteiger partial charge is 0.261 e. The van der Waals surface area contributed by atoms with Gasteiger partial charge in [0.05, 0.1) is 29.5 Å². The zero-order valence-electron chi connectivity index (χ0n) is 18.5. The highest BCUT2D eigenvalue weighted by Gasteiger charge is 2.21. The van der Waals surface area contributed by atoms with E-state index in [9.17, 15) is 4.79 Å². The Balaban J connectivity index is 1.37. The van der Waals surface area contributed by atoms with Crippen molar-refractivity contribution >= 4 is 28.2 Å². The lowest BCUT2D eigenvalue weighted by molar-refractivity contribution is 0.181. The number of piperazine rings is 1. The Morgan fingerprint density at radius 2 is 1.84 bits per heavy atom. The van der Waals surface area contributed by atoms with Crippen LogP contribution in [-0.2, 0) is 11.3 Å². The molecule has 4 heterocycles. The number of ether oxygens (including phenoxy) is 1. The molecular weight excluding hydrogens is 408 g/mol. The van der Waals surface area contributed by atoms with Gasteiger partial charge in [0.1, 0.15) is 12.1 Å². The molecule has 166 valence electrons. The van der Waals surface area contributed by atoms with Crippen molar-refractivity contribution in [1.29, 1.82) is 0 Å². The van der Waals surface area contributed by atoms with Gasteiger partial charge in [-0.05, 0) is 32.0 Å². The Morgan fingerprint density at radius 1 is 1.06 bits per heavy atom. The van der Waals surface area contributed by atoms with E-state index in [0.717, 1.165) is 48.9 Å². The fourth-order valence-electron chi connectivity index (χ4n) is 4.17. The Hall–Kier alpha value is -3.53. The molecule has 1 aliphatic rings. The number of anilines is 2. The summed E-state index contributed by atoms with van der Waals surface area (Å²) in [4.78, 5) is 30.6. The molecule has 32 heavy (non-hydrogen) atoms. The van der Waals surface area contributed by atoms with Crippen LogP contribution in [0.4, 0.5) is 11.5 Å². The first-order valence-electron chi connectivity index (χ1n) is 10.7. The maximum atomic E-state index is 12.7. The van der Waals surface area contributed by atoms with Gasteiger partial charge in [-0.2, -0.15) is 14.6 Å². The quantitative estimate of drug-likeness (QED) is 0.470. The van der Waals surface area contributed by atoms with Gasteiger partial charge in [0.15, 0.2) is 0 Å². The molecule has 10 nitrogen and oxygen atoms in total. The van der Waals surface area contributed by atoms with Gasteiger partial charge in [-0.15, -0.1) is 0 Å². The lowest BCUT2D eigenvalue weighted by Gasteiger charge is -2.37. The van der Waals surface area contributed by atoms with E-state index in [1.165, 1.54) is 6.33 Å². The van der Waals surface area contributed by atoms with Crippen LogP contribution in [-0.4, -0.2) is 62.4 Å². The molecule has 0 aliphatic carbocycles. The van der Waals surface area contributed by atoms with Crippen LogP contribution in [0.1, 0.15) is 25.6 Å². The molecule has 5 rings (SSSR count). The number of fused-ring (bicyclic) bond motifs is 2. The van der Waals surface area contributed by atoms with E-state index < -0.39 is 0 Å². The minimum absolute atomic E-state index is 0.00256. The van der Waals surface area contributed by atoms with E-state index in [4.69, 9.17) is 4.74 Å². The first kappa shape index (κ1) is 20.4. The summed E-state index contributed by atoms with van der Waals surface area (Å²) in [5, 5.41) is 4.99. The summed E-state index contributed by atoms with van der Waals surface area (Å²) in [6, 6.07) is 8.02. The molecule has 1 fully saturated rings. The van der Waals surface area contributed by atoms with Gasteiger partial charge >= 0.3 is 0 Å². The van der Waals surface area contributed by atoms with E-state index in [1.54, 1.807) is 22.5 Å². The lowest BCUT2D eigenvalue weighted by atomic mass is 10.2. The zero-order valence-corrected chi connectivity index (χ0v) is 18.5. The molecule has 0 amide bonds. The molecule has 0 spiro atoms. The van der Waals surface area contributed by atoms with Gasteiger partial charge in [-0.25, -0.2) is 9.97 Å². The second-order valence-corrected chi connectivity index (χ2v) is 8.24. The largest absolute Gasteiger partial charge is 0.378 e. The molecule has 0 atom stereocenters. The normalized spacial score (nSPS) is 14.8. The number of benzene rings is 1. The molecular formula is C22H26N8O2. The highest BCUT2D eigenvalue weighted by Crippen LogP contribution is 2.23. The van der Waals surface area contributed by atoms with Crippen molar-refractivity contribution in [3.05, 3.63) is 53.0 Å². The van der Waals surface area contributed by atoms with Crippen molar-refractivity contribution in [3.63, 3.8) is 0 Å². The molecule has 0 bridgehead atoms. The van der Waals surface area contributed by atoms with E-state index >= 15 is 0 Å². The van der Waals surface area contributed by atoms with Gasteiger partial charge in [-0.3, -0.25) is 9.36 Å². The van der Waals surface area contributed by atoms with Crippen LogP contribution in [0.3, 0.4) is 0 Å². The number of hydrogen-bond acceptors (Lipinski definition) is 8. The summed E-state index contributed by atoms with van der Waals surface area (Å²) in [6.07, 6.45) is 3.16. The molecule has 0 saturated carbocycles. The minimum atomic E-state index is 0.00256. The summed E-state index contributed by atoms with van der Waals surface area (Å²) in [7, 11) is 1.66. The van der Waals surface area contributed by atoms with Crippen LogP contribution >= 0.6 is 0 Å². The van der Waals surface area contributed by atoms with Crippen molar-refractivity contribution in [1.82, 2.24) is 29.1 Å². The second kappa shape index (κ2) is 8.19. The summed E-state index contributed by atoms with van der Waals surface area (Å²) >= 11 is 0. The van der Waals surface area contributed by atoms with Gasteiger partial charge in [0.25, 0.3) is 11.3 Å². The summed E-state index contributed by atoms with van der Waals surface area (Å²) in [5.74, 6) is 1.54. The van der Waals surface area contributed by atoms with Crippen LogP contribution in [0.2, 0.25) is 0 Å². The monoisotopic (exact) mass is 434 g/mol. The Morgan fingerprint density at radius 3 is 2.59 bits per heavy atom. The van der Waals surface area contributed by atoms with Crippen molar-refractivity contribution < 1.29 is 4.74 Å². The molecule has 0 unspecified atom stereocenters. The fourth-order valence-corrected chi connectivity index (χ4v) is 4.17. The van der Waals surface area contributed by atoms with E-state index in [-0.39, 0.29) is 11.6 Å². The number of methoxy groups -OCH3 is 1. The van der Waals surface area contributed by atoms with Gasteiger partial charge < -0.3 is 14.5 Å².